The molecule has 0 N–H and O–H groups in total. The van der Waals surface area contributed by atoms with Crippen LogP contribution in [0, 0.1) is 10.8 Å². The third-order valence-electron chi connectivity index (χ3n) is 4.48. The van der Waals surface area contributed by atoms with E-state index in [0.29, 0.717) is 16.7 Å². The van der Waals surface area contributed by atoms with Crippen LogP contribution >= 0.6 is 0 Å². The first-order valence-electron chi connectivity index (χ1n) is 7.57. The predicted octanol–water partition coefficient (Wildman–Crippen LogP) is 5.36. The van der Waals surface area contributed by atoms with E-state index in [0.717, 1.165) is 0 Å². The Hall–Kier alpha value is -0.170. The number of benzene rings is 1. The number of rotatable bonds is 1. The Morgan fingerprint density at radius 2 is 1.70 bits per heavy atom. The Labute approximate surface area is 142 Å². The summed E-state index contributed by atoms with van der Waals surface area (Å²) in [6.07, 6.45) is 8.50. The second-order valence-electron chi connectivity index (χ2n) is 8.50. The van der Waals surface area contributed by atoms with Crippen LogP contribution in [0.4, 0.5) is 0 Å². The molecule has 3 rings (SSSR count). The van der Waals surface area contributed by atoms with Crippen molar-refractivity contribution in [3.63, 3.8) is 0 Å². The van der Waals surface area contributed by atoms with Gasteiger partial charge in [0, 0.05) is 31.8 Å². The van der Waals surface area contributed by atoms with Crippen molar-refractivity contribution in [3.8, 4) is 0 Å². The van der Waals surface area contributed by atoms with Crippen molar-refractivity contribution in [2.45, 2.75) is 59.8 Å². The Morgan fingerprint density at radius 1 is 1.10 bits per heavy atom. The Bertz CT molecular complexity index is 544. The first kappa shape index (κ1) is 16.2. The molecule has 0 saturated heterocycles. The fourth-order valence-corrected chi connectivity index (χ4v) is 3.78. The molecule has 1 heteroatoms. The summed E-state index contributed by atoms with van der Waals surface area (Å²) in [6, 6.07) is 4.97. The monoisotopic (exact) mass is 434 g/mol. The van der Waals surface area contributed by atoms with Crippen LogP contribution in [0.15, 0.2) is 18.2 Å². The van der Waals surface area contributed by atoms with E-state index in [2.05, 4.69) is 58.9 Å². The van der Waals surface area contributed by atoms with Gasteiger partial charge in [-0.3, -0.25) is 0 Å². The first-order chi connectivity index (χ1) is 8.73. The molecule has 2 aliphatic rings. The predicted molar refractivity (Wildman–Crippen MR) is 83.5 cm³/mol. The maximum absolute atomic E-state index is 2.51. The Morgan fingerprint density at radius 3 is 2.30 bits per heavy atom. The molecule has 0 aromatic heterocycles. The molecular formula is C19H26Hf. The molecule has 1 unspecified atom stereocenters. The second-order valence-corrected chi connectivity index (χ2v) is 8.50. The van der Waals surface area contributed by atoms with Crippen LogP contribution in [0.2, 0.25) is 0 Å². The van der Waals surface area contributed by atoms with Gasteiger partial charge in [-0.15, -0.1) is 0 Å². The summed E-state index contributed by atoms with van der Waals surface area (Å²) in [5.41, 5.74) is 7.10. The van der Waals surface area contributed by atoms with Gasteiger partial charge in [-0.25, -0.2) is 0 Å². The van der Waals surface area contributed by atoms with Crippen LogP contribution in [-0.4, -0.2) is 0 Å². The molecule has 0 amide bonds. The van der Waals surface area contributed by atoms with Gasteiger partial charge in [0.1, 0.15) is 0 Å². The number of hydrogen-bond acceptors (Lipinski definition) is 0. The van der Waals surface area contributed by atoms with Crippen LogP contribution < -0.4 is 0 Å². The summed E-state index contributed by atoms with van der Waals surface area (Å²) < 4.78 is 0. The van der Waals surface area contributed by atoms with E-state index in [1.807, 2.05) is 0 Å². The normalized spacial score (nSPS) is 22.4. The van der Waals surface area contributed by atoms with E-state index in [9.17, 15) is 0 Å². The van der Waals surface area contributed by atoms with Crippen molar-refractivity contribution in [2.75, 3.05) is 0 Å². The van der Waals surface area contributed by atoms with E-state index in [1.54, 1.807) is 16.7 Å². The van der Waals surface area contributed by atoms with Crippen molar-refractivity contribution < 1.29 is 25.8 Å². The summed E-state index contributed by atoms with van der Waals surface area (Å²) in [5, 5.41) is 0. The van der Waals surface area contributed by atoms with Crippen LogP contribution in [0.1, 0.15) is 69.2 Å². The van der Waals surface area contributed by atoms with Gasteiger partial charge in [-0.1, -0.05) is 58.9 Å². The first-order valence-corrected chi connectivity index (χ1v) is 7.57. The molecule has 1 aromatic rings. The molecule has 0 nitrogen and oxygen atoms in total. The van der Waals surface area contributed by atoms with Crippen molar-refractivity contribution in [1.29, 1.82) is 0 Å². The smallest absolute Gasteiger partial charge is 0.00323 e. The molecule has 0 spiro atoms. The third kappa shape index (κ3) is 3.18. The van der Waals surface area contributed by atoms with Crippen molar-refractivity contribution >= 4 is 6.08 Å². The second kappa shape index (κ2) is 5.23. The Balaban J connectivity index is 0.00000147. The van der Waals surface area contributed by atoms with Crippen LogP contribution in [-0.2, 0) is 38.7 Å². The summed E-state index contributed by atoms with van der Waals surface area (Å²) >= 11 is 0. The largest absolute Gasteiger partial charge is 0.0764 e. The number of hydrogen-bond donors (Lipinski definition) is 0. The summed E-state index contributed by atoms with van der Waals surface area (Å²) in [5.74, 6) is 0.629. The van der Waals surface area contributed by atoms with E-state index in [-0.39, 0.29) is 25.8 Å². The molecular weight excluding hydrogens is 407 g/mol. The molecule has 20 heavy (non-hydrogen) atoms. The molecule has 0 fully saturated rings. The number of fused-ring (bicyclic) bond motifs is 2. The van der Waals surface area contributed by atoms with Gasteiger partial charge in [-0.05, 0) is 52.3 Å². The summed E-state index contributed by atoms with van der Waals surface area (Å²) in [7, 11) is 0. The molecule has 0 saturated carbocycles. The standard InChI is InChI=1S/C19H26.Hf/c1-18(2,3)10-14-7-6-13-8-15-11-19(4,5)12-16(15)9-17(13)14;/h6-9,14H,10-12H2,1-5H3;. The zero-order chi connectivity index (χ0) is 13.8. The minimum absolute atomic E-state index is 0. The molecule has 2 aliphatic carbocycles. The van der Waals surface area contributed by atoms with Gasteiger partial charge in [-0.2, -0.15) is 0 Å². The van der Waals surface area contributed by atoms with E-state index < -0.39 is 0 Å². The average Bonchev–Trinajstić information content (AvgIpc) is 2.72. The van der Waals surface area contributed by atoms with Crippen LogP contribution in [0.5, 0.6) is 0 Å². The Kier molecular flexibility index (Phi) is 4.24. The van der Waals surface area contributed by atoms with Gasteiger partial charge in [0.05, 0.1) is 0 Å². The SMILES string of the molecule is CC(C)(C)CC1C=Cc2cc3c(cc21)CC(C)(C)C3.[Hf]. The van der Waals surface area contributed by atoms with Gasteiger partial charge in [0.2, 0.25) is 0 Å². The van der Waals surface area contributed by atoms with Gasteiger partial charge < -0.3 is 0 Å². The van der Waals surface area contributed by atoms with E-state index >= 15 is 0 Å². The quantitative estimate of drug-likeness (QED) is 0.524. The van der Waals surface area contributed by atoms with Crippen molar-refractivity contribution in [1.82, 2.24) is 0 Å². The average molecular weight is 433 g/mol. The molecule has 1 aromatic carbocycles. The topological polar surface area (TPSA) is 0 Å². The maximum atomic E-state index is 2.51. The third-order valence-corrected chi connectivity index (χ3v) is 4.48. The molecule has 0 heterocycles. The fraction of sp³-hybridized carbons (Fsp3) is 0.579. The van der Waals surface area contributed by atoms with E-state index in [1.165, 1.54) is 24.8 Å². The molecule has 1 atom stereocenters. The van der Waals surface area contributed by atoms with E-state index in [4.69, 9.17) is 0 Å². The summed E-state index contributed by atoms with van der Waals surface area (Å²) in [4.78, 5) is 0. The maximum Gasteiger partial charge on any atom is 0.00323 e. The van der Waals surface area contributed by atoms with Crippen LogP contribution in [0.3, 0.4) is 0 Å². The molecule has 0 aliphatic heterocycles. The fourth-order valence-electron chi connectivity index (χ4n) is 3.78. The minimum atomic E-state index is 0. The molecule has 106 valence electrons. The molecule has 0 bridgehead atoms. The van der Waals surface area contributed by atoms with Gasteiger partial charge >= 0.3 is 0 Å². The zero-order valence-electron chi connectivity index (χ0n) is 13.5. The van der Waals surface area contributed by atoms with Crippen LogP contribution in [0.25, 0.3) is 6.08 Å². The van der Waals surface area contributed by atoms with Gasteiger partial charge in [0.15, 0.2) is 0 Å². The van der Waals surface area contributed by atoms with Gasteiger partial charge in [0.25, 0.3) is 0 Å². The number of allylic oxidation sites excluding steroid dienone is 1. The summed E-state index contributed by atoms with van der Waals surface area (Å²) in [6.45, 7) is 11.8. The minimum Gasteiger partial charge on any atom is -0.0764 e. The zero-order valence-corrected chi connectivity index (χ0v) is 17.1. The molecule has 0 radical (unpaired) electrons. The van der Waals surface area contributed by atoms with Crippen molar-refractivity contribution in [3.05, 3.63) is 40.5 Å². The van der Waals surface area contributed by atoms with Crippen molar-refractivity contribution in [2.24, 2.45) is 10.8 Å².